The van der Waals surface area contributed by atoms with Crippen LogP contribution in [0.2, 0.25) is 5.02 Å². The third kappa shape index (κ3) is 6.27. The molecular weight excluding hydrogens is 542 g/mol. The molecule has 1 aromatic heterocycles. The van der Waals surface area contributed by atoms with Gasteiger partial charge in [-0.05, 0) is 68.7 Å². The van der Waals surface area contributed by atoms with Crippen LogP contribution >= 0.6 is 11.6 Å². The van der Waals surface area contributed by atoms with Crippen molar-refractivity contribution in [2.45, 2.75) is 59.3 Å². The molecule has 2 fully saturated rings. The molecule has 2 heterocycles. The minimum atomic E-state index is 0.0880. The average molecular weight is 580 g/mol. The van der Waals surface area contributed by atoms with Gasteiger partial charge in [0, 0.05) is 46.4 Å². The summed E-state index contributed by atoms with van der Waals surface area (Å²) in [6.07, 6.45) is 6.26. The zero-order valence-corrected chi connectivity index (χ0v) is 25.6. The number of nitrogens with one attached hydrogen (secondary N) is 1. The van der Waals surface area contributed by atoms with E-state index in [2.05, 4.69) is 41.9 Å². The molecule has 42 heavy (non-hydrogen) atoms. The molecule has 1 saturated heterocycles. The van der Waals surface area contributed by atoms with Crippen molar-refractivity contribution in [2.75, 3.05) is 0 Å². The van der Waals surface area contributed by atoms with E-state index in [1.807, 2.05) is 61.6 Å². The highest BCUT2D eigenvalue weighted by molar-refractivity contribution is 6.30. The van der Waals surface area contributed by atoms with Gasteiger partial charge in [-0.1, -0.05) is 85.6 Å². The highest BCUT2D eigenvalue weighted by atomic mass is 35.5. The lowest BCUT2D eigenvalue weighted by atomic mass is 9.84. The fraction of sp³-hybridized carbons (Fsp3) is 0.306. The molecule has 216 valence electrons. The first-order chi connectivity index (χ1) is 20.3. The van der Waals surface area contributed by atoms with E-state index in [0.29, 0.717) is 17.4 Å². The fourth-order valence-electron chi connectivity index (χ4n) is 5.75. The molecule has 3 aromatic carbocycles. The van der Waals surface area contributed by atoms with Crippen molar-refractivity contribution in [1.82, 2.24) is 14.9 Å². The fourth-order valence-corrected chi connectivity index (χ4v) is 5.87. The van der Waals surface area contributed by atoms with Crippen molar-refractivity contribution in [3.05, 3.63) is 100 Å². The van der Waals surface area contributed by atoms with Gasteiger partial charge in [0.25, 0.3) is 0 Å². The van der Waals surface area contributed by atoms with Gasteiger partial charge in [-0.3, -0.25) is 9.59 Å². The predicted molar refractivity (Wildman–Crippen MR) is 171 cm³/mol. The number of Topliss-reactive ketones (excluding diaryl/α,β-unsaturated/α-hetero) is 1. The molecule has 1 atom stereocenters. The second-order valence-electron chi connectivity index (χ2n) is 11.2. The molecule has 2 aliphatic rings. The Labute approximate surface area is 253 Å². The van der Waals surface area contributed by atoms with E-state index in [1.165, 1.54) is 30.5 Å². The van der Waals surface area contributed by atoms with E-state index in [-0.39, 0.29) is 11.7 Å². The number of ketones is 1. The van der Waals surface area contributed by atoms with Gasteiger partial charge < -0.3 is 9.88 Å². The summed E-state index contributed by atoms with van der Waals surface area (Å²) >= 11 is 6.11. The minimum absolute atomic E-state index is 0.0880. The minimum Gasteiger partial charge on any atom is -0.330 e. The number of imidazole rings is 1. The summed E-state index contributed by atoms with van der Waals surface area (Å²) in [6, 6.07) is 24.0. The van der Waals surface area contributed by atoms with Crippen molar-refractivity contribution in [2.24, 2.45) is 13.0 Å². The van der Waals surface area contributed by atoms with Crippen LogP contribution in [0.25, 0.3) is 33.9 Å². The molecule has 0 spiro atoms. The Morgan fingerprint density at radius 3 is 2.29 bits per heavy atom. The van der Waals surface area contributed by atoms with Crippen molar-refractivity contribution in [3.8, 4) is 33.9 Å². The molecule has 4 aromatic rings. The topological polar surface area (TPSA) is 64.0 Å². The number of aryl methyl sites for hydroxylation is 1. The number of hydrogen-bond donors (Lipinski definition) is 1. The lowest BCUT2D eigenvalue weighted by molar-refractivity contribution is -0.121. The number of hydrogen-bond acceptors (Lipinski definition) is 3. The van der Waals surface area contributed by atoms with Crippen LogP contribution in [-0.2, 0) is 18.3 Å². The number of rotatable bonds is 5. The van der Waals surface area contributed by atoms with E-state index >= 15 is 0 Å². The maximum Gasteiger partial charge on any atom is 0.224 e. The number of halogens is 1. The third-order valence-electron chi connectivity index (χ3n) is 8.29. The molecule has 1 N–H and O–H groups in total. The van der Waals surface area contributed by atoms with E-state index < -0.39 is 0 Å². The van der Waals surface area contributed by atoms with E-state index in [4.69, 9.17) is 16.6 Å². The number of piperidine rings is 1. The van der Waals surface area contributed by atoms with Crippen LogP contribution in [0, 0.1) is 5.92 Å². The van der Waals surface area contributed by atoms with Crippen LogP contribution in [0.3, 0.4) is 0 Å². The molecule has 1 amide bonds. The molecule has 6 rings (SSSR count). The monoisotopic (exact) mass is 579 g/mol. The van der Waals surface area contributed by atoms with Gasteiger partial charge in [-0.2, -0.15) is 0 Å². The summed E-state index contributed by atoms with van der Waals surface area (Å²) in [5.74, 6) is 1.74. The number of carbonyl (C=O) groups is 2. The summed E-state index contributed by atoms with van der Waals surface area (Å²) in [4.78, 5) is 28.1. The van der Waals surface area contributed by atoms with Crippen LogP contribution in [0.15, 0.2) is 84.1 Å². The van der Waals surface area contributed by atoms with Crippen LogP contribution in [-0.4, -0.2) is 21.2 Å². The highest BCUT2D eigenvalue weighted by Gasteiger charge is 2.25. The van der Waals surface area contributed by atoms with Crippen molar-refractivity contribution in [3.63, 3.8) is 0 Å². The number of allylic oxidation sites excluding steroid dienone is 2. The van der Waals surface area contributed by atoms with Crippen LogP contribution in [0.5, 0.6) is 0 Å². The smallest absolute Gasteiger partial charge is 0.224 e. The Bertz CT molecular complexity index is 1630. The Morgan fingerprint density at radius 2 is 1.67 bits per heavy atom. The molecule has 5 nitrogen and oxygen atoms in total. The Hall–Kier alpha value is -3.96. The summed E-state index contributed by atoms with van der Waals surface area (Å²) in [5.41, 5.74) is 9.61. The maximum atomic E-state index is 12.0. The molecule has 1 aliphatic heterocycles. The summed E-state index contributed by atoms with van der Waals surface area (Å²) in [7, 11) is 2.04. The first-order valence-electron chi connectivity index (χ1n) is 14.8. The third-order valence-corrected chi connectivity index (χ3v) is 8.54. The lowest BCUT2D eigenvalue weighted by Gasteiger charge is -2.29. The molecule has 6 heteroatoms. The SMILES string of the molecule is CC1CCC(=O)NC1=C1CCC1.CCc1cc(-c2nc(-c3ccc(Cl)cc3)c(-c3ccccc3)n2C)ccc1C(C)=O. The molecule has 1 aliphatic carbocycles. The van der Waals surface area contributed by atoms with Gasteiger partial charge in [0.1, 0.15) is 5.82 Å². The highest BCUT2D eigenvalue weighted by Crippen LogP contribution is 2.36. The second kappa shape index (κ2) is 12.9. The Kier molecular flexibility index (Phi) is 9.08. The zero-order valence-electron chi connectivity index (χ0n) is 24.8. The van der Waals surface area contributed by atoms with Crippen molar-refractivity contribution >= 4 is 23.3 Å². The lowest BCUT2D eigenvalue weighted by Crippen LogP contribution is -2.33. The zero-order chi connectivity index (χ0) is 29.8. The van der Waals surface area contributed by atoms with Crippen molar-refractivity contribution in [1.29, 1.82) is 0 Å². The summed E-state index contributed by atoms with van der Waals surface area (Å²) in [5, 5.41) is 3.71. The van der Waals surface area contributed by atoms with Gasteiger partial charge in [-0.25, -0.2) is 4.98 Å². The first-order valence-corrected chi connectivity index (χ1v) is 15.2. The summed E-state index contributed by atoms with van der Waals surface area (Å²) in [6.45, 7) is 5.89. The molecule has 1 saturated carbocycles. The van der Waals surface area contributed by atoms with E-state index in [9.17, 15) is 9.59 Å². The van der Waals surface area contributed by atoms with Crippen LogP contribution in [0.4, 0.5) is 0 Å². The average Bonchev–Trinajstić information content (AvgIpc) is 3.31. The number of nitrogens with zero attached hydrogens (tertiary/aromatic N) is 2. The van der Waals surface area contributed by atoms with Crippen LogP contribution < -0.4 is 5.32 Å². The second-order valence-corrected chi connectivity index (χ2v) is 11.6. The number of carbonyl (C=O) groups excluding carboxylic acids is 2. The molecular formula is C36H38ClN3O2. The Morgan fingerprint density at radius 1 is 0.976 bits per heavy atom. The number of aromatic nitrogens is 2. The Balaban J connectivity index is 0.000000244. The predicted octanol–water partition coefficient (Wildman–Crippen LogP) is 8.81. The normalized spacial score (nSPS) is 16.3. The van der Waals surface area contributed by atoms with Gasteiger partial charge in [0.2, 0.25) is 5.91 Å². The quantitative estimate of drug-likeness (QED) is 0.240. The number of amides is 1. The largest absolute Gasteiger partial charge is 0.330 e. The van der Waals surface area contributed by atoms with Gasteiger partial charge in [0.15, 0.2) is 5.78 Å². The number of benzene rings is 3. The van der Waals surface area contributed by atoms with Gasteiger partial charge in [-0.15, -0.1) is 0 Å². The standard InChI is InChI=1S/C26H23ClN2O.C10H15NO/c1-4-18-16-21(12-15-23(18)17(2)30)26-28-24(19-10-13-22(27)14-11-19)25(29(26)3)20-8-6-5-7-9-20;1-7-5-6-9(12)11-10(7)8-3-2-4-8/h5-16H,4H2,1-3H3;7H,2-6H2,1H3,(H,11,12). The van der Waals surface area contributed by atoms with Crippen LogP contribution in [0.1, 0.15) is 68.8 Å². The first kappa shape index (κ1) is 29.5. The van der Waals surface area contributed by atoms with E-state index in [1.54, 1.807) is 6.92 Å². The molecule has 0 radical (unpaired) electrons. The van der Waals surface area contributed by atoms with Crippen molar-refractivity contribution < 1.29 is 9.59 Å². The van der Waals surface area contributed by atoms with E-state index in [0.717, 1.165) is 57.9 Å². The summed E-state index contributed by atoms with van der Waals surface area (Å²) < 4.78 is 2.13. The molecule has 1 unspecified atom stereocenters. The van der Waals surface area contributed by atoms with Gasteiger partial charge >= 0.3 is 0 Å². The van der Waals surface area contributed by atoms with Gasteiger partial charge in [0.05, 0.1) is 11.4 Å². The molecule has 0 bridgehead atoms. The maximum absolute atomic E-state index is 12.0.